The third-order valence-corrected chi connectivity index (χ3v) is 8.68. The van der Waals surface area contributed by atoms with Crippen LogP contribution in [0.4, 0.5) is 0 Å². The van der Waals surface area contributed by atoms with Gasteiger partial charge in [0.2, 0.25) is 0 Å². The lowest BCUT2D eigenvalue weighted by atomic mass is 10.00. The number of aliphatic hydroxyl groups is 1. The van der Waals surface area contributed by atoms with Gasteiger partial charge in [0.15, 0.2) is 8.32 Å². The highest BCUT2D eigenvalue weighted by Crippen LogP contribution is 2.36. The second-order valence-electron chi connectivity index (χ2n) is 6.77. The standard InChI is InChI=1S/C15H32O2Si/c1-8-13(2)14(16)11-9-10-12-17-18(6,7)15(3,4)5/h8,13-14,16H,1,9-12H2,2-7H3/t13-,14-/m0/s1. The molecule has 0 aliphatic heterocycles. The van der Waals surface area contributed by atoms with Crippen LogP contribution >= 0.6 is 0 Å². The molecule has 0 aromatic heterocycles. The Labute approximate surface area is 115 Å². The SMILES string of the molecule is C=C[C@H](C)[C@@H](O)CCCCO[Si](C)(C)C(C)(C)C. The number of hydrogen-bond donors (Lipinski definition) is 1. The zero-order chi connectivity index (χ0) is 14.4. The molecule has 18 heavy (non-hydrogen) atoms. The summed E-state index contributed by atoms with van der Waals surface area (Å²) in [4.78, 5) is 0. The van der Waals surface area contributed by atoms with Gasteiger partial charge in [-0.2, -0.15) is 0 Å². The second-order valence-corrected chi connectivity index (χ2v) is 11.6. The van der Waals surface area contributed by atoms with Crippen LogP contribution in [-0.4, -0.2) is 26.1 Å². The zero-order valence-electron chi connectivity index (χ0n) is 13.1. The van der Waals surface area contributed by atoms with Crippen molar-refractivity contribution in [2.45, 2.75) is 71.2 Å². The van der Waals surface area contributed by atoms with E-state index < -0.39 is 8.32 Å². The van der Waals surface area contributed by atoms with E-state index in [2.05, 4.69) is 40.4 Å². The van der Waals surface area contributed by atoms with Gasteiger partial charge in [-0.05, 0) is 43.3 Å². The van der Waals surface area contributed by atoms with Crippen molar-refractivity contribution >= 4 is 8.32 Å². The van der Waals surface area contributed by atoms with Crippen LogP contribution in [0, 0.1) is 5.92 Å². The Balaban J connectivity index is 3.79. The lowest BCUT2D eigenvalue weighted by Gasteiger charge is -2.36. The smallest absolute Gasteiger partial charge is 0.191 e. The Morgan fingerprint density at radius 1 is 1.28 bits per heavy atom. The molecule has 0 spiro atoms. The van der Waals surface area contributed by atoms with Crippen molar-refractivity contribution in [1.29, 1.82) is 0 Å². The fourth-order valence-electron chi connectivity index (χ4n) is 1.42. The molecule has 0 amide bonds. The predicted molar refractivity (Wildman–Crippen MR) is 82.4 cm³/mol. The zero-order valence-corrected chi connectivity index (χ0v) is 14.1. The van der Waals surface area contributed by atoms with Crippen LogP contribution < -0.4 is 0 Å². The summed E-state index contributed by atoms with van der Waals surface area (Å²) in [7, 11) is -1.59. The Morgan fingerprint density at radius 2 is 1.83 bits per heavy atom. The molecule has 0 rings (SSSR count). The number of unbranched alkanes of at least 4 members (excludes halogenated alkanes) is 1. The molecule has 0 unspecified atom stereocenters. The van der Waals surface area contributed by atoms with Gasteiger partial charge in [0.25, 0.3) is 0 Å². The summed E-state index contributed by atoms with van der Waals surface area (Å²) < 4.78 is 6.10. The summed E-state index contributed by atoms with van der Waals surface area (Å²) in [6, 6.07) is 0. The van der Waals surface area contributed by atoms with Crippen LogP contribution in [-0.2, 0) is 4.43 Å². The van der Waals surface area contributed by atoms with Crippen molar-refractivity contribution in [3.8, 4) is 0 Å². The van der Waals surface area contributed by atoms with Crippen molar-refractivity contribution in [3.05, 3.63) is 12.7 Å². The van der Waals surface area contributed by atoms with Gasteiger partial charge in [-0.25, -0.2) is 0 Å². The average Bonchev–Trinajstić information content (AvgIpc) is 2.25. The Morgan fingerprint density at radius 3 is 2.28 bits per heavy atom. The second kappa shape index (κ2) is 7.46. The summed E-state index contributed by atoms with van der Waals surface area (Å²) >= 11 is 0. The molecule has 3 heteroatoms. The van der Waals surface area contributed by atoms with Crippen LogP contribution in [0.15, 0.2) is 12.7 Å². The van der Waals surface area contributed by atoms with E-state index in [1.807, 2.05) is 13.0 Å². The van der Waals surface area contributed by atoms with E-state index in [9.17, 15) is 5.11 Å². The molecule has 0 bridgehead atoms. The van der Waals surface area contributed by atoms with E-state index in [4.69, 9.17) is 4.43 Å². The van der Waals surface area contributed by atoms with Gasteiger partial charge < -0.3 is 9.53 Å². The van der Waals surface area contributed by atoms with Crippen molar-refractivity contribution in [3.63, 3.8) is 0 Å². The largest absolute Gasteiger partial charge is 0.417 e. The maximum Gasteiger partial charge on any atom is 0.191 e. The van der Waals surface area contributed by atoms with Crippen molar-refractivity contribution in [1.82, 2.24) is 0 Å². The van der Waals surface area contributed by atoms with E-state index in [0.29, 0.717) is 0 Å². The number of aliphatic hydroxyl groups excluding tert-OH is 1. The first kappa shape index (κ1) is 17.9. The van der Waals surface area contributed by atoms with Gasteiger partial charge in [-0.3, -0.25) is 0 Å². The van der Waals surface area contributed by atoms with Crippen molar-refractivity contribution in [2.75, 3.05) is 6.61 Å². The number of hydrogen-bond acceptors (Lipinski definition) is 2. The van der Waals surface area contributed by atoms with E-state index in [1.165, 1.54) is 0 Å². The van der Waals surface area contributed by atoms with Gasteiger partial charge in [0, 0.05) is 6.61 Å². The van der Waals surface area contributed by atoms with Gasteiger partial charge in [-0.15, -0.1) is 6.58 Å². The van der Waals surface area contributed by atoms with Gasteiger partial charge in [0.1, 0.15) is 0 Å². The summed E-state index contributed by atoms with van der Waals surface area (Å²) in [5, 5.41) is 10.1. The molecule has 2 atom stereocenters. The van der Waals surface area contributed by atoms with Gasteiger partial charge >= 0.3 is 0 Å². The minimum absolute atomic E-state index is 0.186. The Hall–Kier alpha value is -0.123. The molecule has 1 N–H and O–H groups in total. The molecule has 0 aromatic carbocycles. The van der Waals surface area contributed by atoms with Gasteiger partial charge in [0.05, 0.1) is 6.10 Å². The first-order valence-electron chi connectivity index (χ1n) is 7.06. The van der Waals surface area contributed by atoms with Crippen molar-refractivity contribution in [2.24, 2.45) is 5.92 Å². The molecule has 0 saturated carbocycles. The van der Waals surface area contributed by atoms with Crippen LogP contribution in [0.3, 0.4) is 0 Å². The molecular weight excluding hydrogens is 240 g/mol. The number of rotatable bonds is 8. The molecule has 0 radical (unpaired) electrons. The van der Waals surface area contributed by atoms with E-state index in [0.717, 1.165) is 25.9 Å². The molecule has 0 aromatic rings. The molecule has 0 saturated heterocycles. The minimum Gasteiger partial charge on any atom is -0.417 e. The van der Waals surface area contributed by atoms with Crippen LogP contribution in [0.2, 0.25) is 18.1 Å². The third kappa shape index (κ3) is 6.16. The molecular formula is C15H32O2Si. The van der Waals surface area contributed by atoms with Gasteiger partial charge in [-0.1, -0.05) is 33.8 Å². The molecule has 0 aliphatic rings. The lowest BCUT2D eigenvalue weighted by Crippen LogP contribution is -2.40. The first-order valence-corrected chi connectivity index (χ1v) is 9.97. The topological polar surface area (TPSA) is 29.5 Å². The van der Waals surface area contributed by atoms with Crippen LogP contribution in [0.1, 0.15) is 47.0 Å². The summed E-state index contributed by atoms with van der Waals surface area (Å²) in [6.07, 6.45) is 4.46. The summed E-state index contributed by atoms with van der Waals surface area (Å²) in [5.41, 5.74) is 0. The van der Waals surface area contributed by atoms with Crippen LogP contribution in [0.5, 0.6) is 0 Å². The fourth-order valence-corrected chi connectivity index (χ4v) is 2.51. The minimum atomic E-state index is -1.59. The van der Waals surface area contributed by atoms with E-state index in [-0.39, 0.29) is 17.1 Å². The highest BCUT2D eigenvalue weighted by molar-refractivity contribution is 6.74. The fraction of sp³-hybridized carbons (Fsp3) is 0.867. The third-order valence-electron chi connectivity index (χ3n) is 4.14. The predicted octanol–water partition coefficient (Wildman–Crippen LogP) is 4.36. The molecule has 108 valence electrons. The maximum atomic E-state index is 9.80. The quantitative estimate of drug-likeness (QED) is 0.404. The maximum absolute atomic E-state index is 9.80. The molecule has 0 heterocycles. The van der Waals surface area contributed by atoms with Crippen molar-refractivity contribution < 1.29 is 9.53 Å². The first-order chi connectivity index (χ1) is 8.12. The molecule has 0 aliphatic carbocycles. The molecule has 2 nitrogen and oxygen atoms in total. The normalized spacial score (nSPS) is 16.4. The Kier molecular flexibility index (Phi) is 7.41. The van der Waals surface area contributed by atoms with E-state index in [1.54, 1.807) is 0 Å². The van der Waals surface area contributed by atoms with E-state index >= 15 is 0 Å². The summed E-state index contributed by atoms with van der Waals surface area (Å²) in [5.74, 6) is 0.186. The average molecular weight is 273 g/mol. The summed E-state index contributed by atoms with van der Waals surface area (Å²) in [6.45, 7) is 17.9. The highest BCUT2D eigenvalue weighted by atomic mass is 28.4. The lowest BCUT2D eigenvalue weighted by molar-refractivity contribution is 0.123. The highest BCUT2D eigenvalue weighted by Gasteiger charge is 2.36. The van der Waals surface area contributed by atoms with Crippen LogP contribution in [0.25, 0.3) is 0 Å². The monoisotopic (exact) mass is 272 g/mol. The Bertz CT molecular complexity index is 243. The molecule has 0 fully saturated rings.